The molecule has 1 aliphatic rings. The molecule has 2 heterocycles. The van der Waals surface area contributed by atoms with Crippen LogP contribution in [0.15, 0.2) is 11.0 Å². The van der Waals surface area contributed by atoms with Crippen LogP contribution in [0, 0.1) is 6.92 Å². The average molecular weight is 332 g/mol. The molecule has 1 fully saturated rings. The van der Waals surface area contributed by atoms with Crippen molar-refractivity contribution in [1.82, 2.24) is 14.9 Å². The van der Waals surface area contributed by atoms with Crippen molar-refractivity contribution in [1.29, 1.82) is 0 Å². The van der Waals surface area contributed by atoms with Gasteiger partial charge < -0.3 is 10.2 Å². The molecular weight excluding hydrogens is 306 g/mol. The molecule has 1 aromatic heterocycles. The first-order valence-electron chi connectivity index (χ1n) is 7.43. The normalized spacial score (nSPS) is 20.8. The zero-order valence-corrected chi connectivity index (χ0v) is 14.6. The Morgan fingerprint density at radius 2 is 2.24 bits per heavy atom. The Morgan fingerprint density at radius 1 is 1.48 bits per heavy atom. The maximum atomic E-state index is 12.6. The summed E-state index contributed by atoms with van der Waals surface area (Å²) in [4.78, 5) is 4.54. The molecule has 1 aliphatic heterocycles. The van der Waals surface area contributed by atoms with Gasteiger partial charge in [0.15, 0.2) is 0 Å². The molecular formula is C14H25N3O2S2. The van der Waals surface area contributed by atoms with E-state index in [1.165, 1.54) is 0 Å². The van der Waals surface area contributed by atoms with Gasteiger partial charge in [-0.15, -0.1) is 11.3 Å². The highest BCUT2D eigenvalue weighted by molar-refractivity contribution is 7.89. The quantitative estimate of drug-likeness (QED) is 0.830. The van der Waals surface area contributed by atoms with Crippen LogP contribution in [0.3, 0.4) is 0 Å². The van der Waals surface area contributed by atoms with Crippen molar-refractivity contribution in [3.05, 3.63) is 15.8 Å². The van der Waals surface area contributed by atoms with Crippen LogP contribution in [-0.4, -0.2) is 46.0 Å². The maximum absolute atomic E-state index is 12.6. The first kappa shape index (κ1) is 16.9. The molecule has 0 saturated carbocycles. The third-order valence-corrected chi connectivity index (χ3v) is 6.53. The summed E-state index contributed by atoms with van der Waals surface area (Å²) in [5.41, 5.74) is 0. The van der Waals surface area contributed by atoms with Crippen molar-refractivity contribution in [2.45, 2.75) is 44.2 Å². The first-order valence-corrected chi connectivity index (χ1v) is 9.73. The summed E-state index contributed by atoms with van der Waals surface area (Å²) in [7, 11) is -1.38. The summed E-state index contributed by atoms with van der Waals surface area (Å²) in [5, 5.41) is 3.23. The third kappa shape index (κ3) is 4.50. The Balaban J connectivity index is 2.09. The first-order chi connectivity index (χ1) is 9.92. The molecule has 2 rings (SSSR count). The van der Waals surface area contributed by atoms with Crippen molar-refractivity contribution >= 4 is 21.4 Å². The number of sulfonamides is 1. The van der Waals surface area contributed by atoms with Gasteiger partial charge in [-0.2, -0.15) is 0 Å². The fourth-order valence-electron chi connectivity index (χ4n) is 2.67. The number of hydrogen-bond acceptors (Lipinski definition) is 5. The van der Waals surface area contributed by atoms with Gasteiger partial charge in [0.1, 0.15) is 0 Å². The molecule has 1 aromatic rings. The smallest absolute Gasteiger partial charge is 0.241 e. The number of hydrogen-bond donors (Lipinski definition) is 2. The van der Waals surface area contributed by atoms with Gasteiger partial charge in [-0.1, -0.05) is 6.92 Å². The van der Waals surface area contributed by atoms with Crippen molar-refractivity contribution in [2.24, 2.45) is 0 Å². The zero-order chi connectivity index (χ0) is 15.5. The number of rotatable bonds is 6. The minimum atomic E-state index is -3.41. The van der Waals surface area contributed by atoms with E-state index in [0.717, 1.165) is 48.8 Å². The maximum Gasteiger partial charge on any atom is 0.241 e. The second-order valence-corrected chi connectivity index (χ2v) is 8.66. The molecule has 2 N–H and O–H groups in total. The van der Waals surface area contributed by atoms with Crippen molar-refractivity contribution in [2.75, 3.05) is 26.7 Å². The highest BCUT2D eigenvalue weighted by Crippen LogP contribution is 2.26. The van der Waals surface area contributed by atoms with Crippen LogP contribution >= 0.6 is 11.3 Å². The summed E-state index contributed by atoms with van der Waals surface area (Å²) >= 11 is 1.55. The van der Waals surface area contributed by atoms with Crippen molar-refractivity contribution in [3.63, 3.8) is 0 Å². The predicted molar refractivity (Wildman–Crippen MR) is 87.3 cm³/mol. The second kappa shape index (κ2) is 7.19. The molecule has 0 amide bonds. The minimum absolute atomic E-state index is 0.0188. The van der Waals surface area contributed by atoms with Crippen LogP contribution in [0.2, 0.25) is 0 Å². The second-order valence-electron chi connectivity index (χ2n) is 5.64. The van der Waals surface area contributed by atoms with Crippen LogP contribution in [0.5, 0.6) is 0 Å². The van der Waals surface area contributed by atoms with Gasteiger partial charge in [-0.3, -0.25) is 0 Å². The van der Waals surface area contributed by atoms with E-state index >= 15 is 0 Å². The Morgan fingerprint density at radius 3 is 2.90 bits per heavy atom. The fraction of sp³-hybridized carbons (Fsp3) is 0.714. The van der Waals surface area contributed by atoms with Crippen LogP contribution < -0.4 is 10.0 Å². The van der Waals surface area contributed by atoms with E-state index in [-0.39, 0.29) is 6.04 Å². The zero-order valence-electron chi connectivity index (χ0n) is 13.0. The summed E-state index contributed by atoms with van der Waals surface area (Å²) in [6.45, 7) is 7.35. The van der Waals surface area contributed by atoms with E-state index in [2.05, 4.69) is 14.9 Å². The lowest BCUT2D eigenvalue weighted by Gasteiger charge is -2.29. The molecule has 7 heteroatoms. The molecule has 0 aliphatic carbocycles. The Bertz CT molecular complexity index is 569. The molecule has 0 radical (unpaired) electrons. The Hall–Kier alpha value is -0.470. The van der Waals surface area contributed by atoms with Crippen LogP contribution in [0.1, 0.15) is 29.5 Å². The van der Waals surface area contributed by atoms with Crippen LogP contribution in [-0.2, 0) is 16.6 Å². The summed E-state index contributed by atoms with van der Waals surface area (Å²) < 4.78 is 28.0. The molecule has 0 bridgehead atoms. The van der Waals surface area contributed by atoms with Gasteiger partial charge in [0.25, 0.3) is 0 Å². The predicted octanol–water partition coefficient (Wildman–Crippen LogP) is 1.54. The standard InChI is InChI=1S/C14H25N3O2S2/c1-4-15-9-13-8-14(11(2)20-13)21(18,19)16-12-6-5-7-17(3)10-12/h8,12,15-16H,4-7,9-10H2,1-3H3. The summed E-state index contributed by atoms with van der Waals surface area (Å²) in [6, 6.07) is 1.82. The molecule has 120 valence electrons. The number of nitrogens with zero attached hydrogens (tertiary/aromatic N) is 1. The lowest BCUT2D eigenvalue weighted by molar-refractivity contribution is 0.242. The number of piperidine rings is 1. The topological polar surface area (TPSA) is 61.4 Å². The number of thiophene rings is 1. The van der Waals surface area contributed by atoms with Gasteiger partial charge in [-0.05, 0) is 46.0 Å². The molecule has 0 aromatic carbocycles. The van der Waals surface area contributed by atoms with Crippen LogP contribution in [0.25, 0.3) is 0 Å². The van der Waals surface area contributed by atoms with E-state index < -0.39 is 10.0 Å². The van der Waals surface area contributed by atoms with Crippen molar-refractivity contribution < 1.29 is 8.42 Å². The van der Waals surface area contributed by atoms with Gasteiger partial charge in [-0.25, -0.2) is 13.1 Å². The molecule has 0 spiro atoms. The lowest BCUT2D eigenvalue weighted by atomic mass is 10.1. The molecule has 21 heavy (non-hydrogen) atoms. The van der Waals surface area contributed by atoms with E-state index in [1.54, 1.807) is 17.4 Å². The Kier molecular flexibility index (Phi) is 5.79. The number of likely N-dealkylation sites (tertiary alicyclic amines) is 1. The number of likely N-dealkylation sites (N-methyl/N-ethyl adjacent to an activating group) is 1. The van der Waals surface area contributed by atoms with E-state index in [9.17, 15) is 8.42 Å². The van der Waals surface area contributed by atoms with Crippen LogP contribution in [0.4, 0.5) is 0 Å². The van der Waals surface area contributed by atoms with Crippen molar-refractivity contribution in [3.8, 4) is 0 Å². The molecule has 1 saturated heterocycles. The third-order valence-electron chi connectivity index (χ3n) is 3.71. The largest absolute Gasteiger partial charge is 0.312 e. The molecule has 5 nitrogen and oxygen atoms in total. The van der Waals surface area contributed by atoms with Gasteiger partial charge in [0.2, 0.25) is 10.0 Å². The van der Waals surface area contributed by atoms with E-state index in [1.807, 2.05) is 20.9 Å². The molecule has 1 atom stereocenters. The average Bonchev–Trinajstić information content (AvgIpc) is 2.78. The SMILES string of the molecule is CCNCc1cc(S(=O)(=O)NC2CCCN(C)C2)c(C)s1. The Labute approximate surface area is 131 Å². The molecule has 1 unspecified atom stereocenters. The van der Waals surface area contributed by atoms with Gasteiger partial charge in [0, 0.05) is 28.9 Å². The highest BCUT2D eigenvalue weighted by atomic mass is 32.2. The van der Waals surface area contributed by atoms with E-state index in [4.69, 9.17) is 0 Å². The summed E-state index contributed by atoms with van der Waals surface area (Å²) in [6.07, 6.45) is 1.95. The number of nitrogens with one attached hydrogen (secondary N) is 2. The highest BCUT2D eigenvalue weighted by Gasteiger charge is 2.26. The number of aryl methyl sites for hydroxylation is 1. The minimum Gasteiger partial charge on any atom is -0.312 e. The summed E-state index contributed by atoms with van der Waals surface area (Å²) in [5.74, 6) is 0. The van der Waals surface area contributed by atoms with Gasteiger partial charge >= 0.3 is 0 Å². The lowest BCUT2D eigenvalue weighted by Crippen LogP contribution is -2.46. The van der Waals surface area contributed by atoms with E-state index in [0.29, 0.717) is 4.90 Å². The fourth-order valence-corrected chi connectivity index (χ4v) is 5.54. The van der Waals surface area contributed by atoms with Gasteiger partial charge in [0.05, 0.1) is 4.90 Å². The monoisotopic (exact) mass is 331 g/mol.